The fourth-order valence-electron chi connectivity index (χ4n) is 2.38. The van der Waals surface area contributed by atoms with Gasteiger partial charge in [-0.3, -0.25) is 0 Å². The standard InChI is InChI=1S/C17H30N2O2/c1-5-18-17(14-19(3)12-7-13-20-4)15-8-10-16(11-9-15)21-6-2/h8-11,17-18H,5-7,12-14H2,1-4H3. The summed E-state index contributed by atoms with van der Waals surface area (Å²) in [5.74, 6) is 0.935. The molecule has 1 aromatic rings. The van der Waals surface area contributed by atoms with Crippen LogP contribution >= 0.6 is 0 Å². The van der Waals surface area contributed by atoms with Crippen LogP contribution in [0.1, 0.15) is 31.9 Å². The molecule has 1 unspecified atom stereocenters. The average molecular weight is 294 g/mol. The molecule has 120 valence electrons. The minimum Gasteiger partial charge on any atom is -0.494 e. The third kappa shape index (κ3) is 6.93. The zero-order valence-corrected chi connectivity index (χ0v) is 13.9. The monoisotopic (exact) mass is 294 g/mol. The average Bonchev–Trinajstić information content (AvgIpc) is 2.48. The van der Waals surface area contributed by atoms with Crippen LogP contribution < -0.4 is 10.1 Å². The van der Waals surface area contributed by atoms with Crippen LogP contribution in [0.4, 0.5) is 0 Å². The molecule has 0 aliphatic rings. The molecule has 0 aromatic heterocycles. The number of benzene rings is 1. The molecular weight excluding hydrogens is 264 g/mol. The maximum Gasteiger partial charge on any atom is 0.119 e. The second-order valence-corrected chi connectivity index (χ2v) is 5.22. The van der Waals surface area contributed by atoms with Gasteiger partial charge in [0.25, 0.3) is 0 Å². The van der Waals surface area contributed by atoms with Crippen molar-refractivity contribution < 1.29 is 9.47 Å². The summed E-state index contributed by atoms with van der Waals surface area (Å²) in [5, 5.41) is 3.56. The van der Waals surface area contributed by atoms with Crippen molar-refractivity contribution in [1.82, 2.24) is 10.2 Å². The van der Waals surface area contributed by atoms with Gasteiger partial charge < -0.3 is 19.7 Å². The van der Waals surface area contributed by atoms with E-state index in [2.05, 4.69) is 36.3 Å². The van der Waals surface area contributed by atoms with Gasteiger partial charge in [0.1, 0.15) is 5.75 Å². The molecule has 0 spiro atoms. The van der Waals surface area contributed by atoms with E-state index in [1.54, 1.807) is 7.11 Å². The van der Waals surface area contributed by atoms with Crippen molar-refractivity contribution in [2.45, 2.75) is 26.3 Å². The molecule has 0 fully saturated rings. The fraction of sp³-hybridized carbons (Fsp3) is 0.647. The topological polar surface area (TPSA) is 33.7 Å². The number of hydrogen-bond acceptors (Lipinski definition) is 4. The molecular formula is C17H30N2O2. The highest BCUT2D eigenvalue weighted by Crippen LogP contribution is 2.18. The van der Waals surface area contributed by atoms with Crippen molar-refractivity contribution in [2.24, 2.45) is 0 Å². The molecule has 0 radical (unpaired) electrons. The molecule has 21 heavy (non-hydrogen) atoms. The highest BCUT2D eigenvalue weighted by molar-refractivity contribution is 5.29. The number of nitrogens with zero attached hydrogens (tertiary/aromatic N) is 1. The maximum atomic E-state index is 5.50. The van der Waals surface area contributed by atoms with Crippen LogP contribution in [0.15, 0.2) is 24.3 Å². The molecule has 0 saturated heterocycles. The van der Waals surface area contributed by atoms with Gasteiger partial charge in [-0.1, -0.05) is 19.1 Å². The van der Waals surface area contributed by atoms with Gasteiger partial charge in [-0.25, -0.2) is 0 Å². The van der Waals surface area contributed by atoms with Crippen LogP contribution in [0.2, 0.25) is 0 Å². The maximum absolute atomic E-state index is 5.50. The van der Waals surface area contributed by atoms with Crippen LogP contribution in [0.25, 0.3) is 0 Å². The number of methoxy groups -OCH3 is 1. The quantitative estimate of drug-likeness (QED) is 0.636. The van der Waals surface area contributed by atoms with Crippen molar-refractivity contribution in [1.29, 1.82) is 0 Å². The molecule has 1 aromatic carbocycles. The summed E-state index contributed by atoms with van der Waals surface area (Å²) in [4.78, 5) is 2.35. The van der Waals surface area contributed by atoms with E-state index in [1.807, 2.05) is 19.1 Å². The first-order valence-corrected chi connectivity index (χ1v) is 7.84. The summed E-state index contributed by atoms with van der Waals surface area (Å²) in [7, 11) is 3.91. The van der Waals surface area contributed by atoms with E-state index in [1.165, 1.54) is 5.56 Å². The van der Waals surface area contributed by atoms with Crippen molar-refractivity contribution in [3.63, 3.8) is 0 Å². The highest BCUT2D eigenvalue weighted by atomic mass is 16.5. The second kappa shape index (κ2) is 10.6. The van der Waals surface area contributed by atoms with Gasteiger partial charge in [-0.2, -0.15) is 0 Å². The Labute approximate surface area is 129 Å². The molecule has 0 aliphatic heterocycles. The van der Waals surface area contributed by atoms with Gasteiger partial charge in [0.15, 0.2) is 0 Å². The molecule has 1 rings (SSSR count). The first-order chi connectivity index (χ1) is 10.2. The minimum absolute atomic E-state index is 0.346. The Balaban J connectivity index is 2.58. The van der Waals surface area contributed by atoms with Crippen LogP contribution in [0, 0.1) is 0 Å². The summed E-state index contributed by atoms with van der Waals surface area (Å²) < 4.78 is 10.6. The number of hydrogen-bond donors (Lipinski definition) is 1. The van der Waals surface area contributed by atoms with Gasteiger partial charge in [0, 0.05) is 32.8 Å². The normalized spacial score (nSPS) is 12.6. The predicted molar refractivity (Wildman–Crippen MR) is 88.0 cm³/mol. The van der Waals surface area contributed by atoms with Crippen LogP contribution in [-0.4, -0.2) is 51.9 Å². The Kier molecular flexibility index (Phi) is 9.06. The Morgan fingerprint density at radius 1 is 1.19 bits per heavy atom. The van der Waals surface area contributed by atoms with Crippen molar-refractivity contribution in [2.75, 3.05) is 47.0 Å². The first kappa shape index (κ1) is 18.0. The van der Waals surface area contributed by atoms with Gasteiger partial charge in [0.2, 0.25) is 0 Å². The summed E-state index contributed by atoms with van der Waals surface area (Å²) in [6.07, 6.45) is 1.06. The Bertz CT molecular complexity index is 368. The minimum atomic E-state index is 0.346. The van der Waals surface area contributed by atoms with Gasteiger partial charge in [0.05, 0.1) is 6.61 Å². The molecule has 1 N–H and O–H groups in total. The van der Waals surface area contributed by atoms with Crippen LogP contribution in [-0.2, 0) is 4.74 Å². The first-order valence-electron chi connectivity index (χ1n) is 7.84. The third-order valence-corrected chi connectivity index (χ3v) is 3.43. The summed E-state index contributed by atoms with van der Waals surface area (Å²) in [5.41, 5.74) is 1.30. The zero-order valence-electron chi connectivity index (χ0n) is 13.9. The molecule has 0 heterocycles. The van der Waals surface area contributed by atoms with E-state index >= 15 is 0 Å². The molecule has 0 aliphatic carbocycles. The lowest BCUT2D eigenvalue weighted by Crippen LogP contribution is -2.33. The molecule has 0 amide bonds. The predicted octanol–water partition coefficient (Wildman–Crippen LogP) is 2.70. The smallest absolute Gasteiger partial charge is 0.119 e. The van der Waals surface area contributed by atoms with Crippen molar-refractivity contribution in [3.05, 3.63) is 29.8 Å². The van der Waals surface area contributed by atoms with Crippen LogP contribution in [0.5, 0.6) is 5.75 Å². The van der Waals surface area contributed by atoms with Crippen molar-refractivity contribution >= 4 is 0 Å². The number of likely N-dealkylation sites (N-methyl/N-ethyl adjacent to an activating group) is 2. The number of ether oxygens (including phenoxy) is 2. The van der Waals surface area contributed by atoms with E-state index in [-0.39, 0.29) is 0 Å². The molecule has 1 atom stereocenters. The summed E-state index contributed by atoms with van der Waals surface area (Å²) in [6, 6.07) is 8.75. The lowest BCUT2D eigenvalue weighted by molar-refractivity contribution is 0.176. The summed E-state index contributed by atoms with van der Waals surface area (Å²) in [6.45, 7) is 8.68. The van der Waals surface area contributed by atoms with Crippen LogP contribution in [0.3, 0.4) is 0 Å². The van der Waals surface area contributed by atoms with E-state index < -0.39 is 0 Å². The molecule has 0 bridgehead atoms. The molecule has 4 heteroatoms. The van der Waals surface area contributed by atoms with Crippen molar-refractivity contribution in [3.8, 4) is 5.75 Å². The molecule has 4 nitrogen and oxygen atoms in total. The largest absolute Gasteiger partial charge is 0.494 e. The summed E-state index contributed by atoms with van der Waals surface area (Å²) >= 11 is 0. The lowest BCUT2D eigenvalue weighted by atomic mass is 10.1. The van der Waals surface area contributed by atoms with E-state index in [9.17, 15) is 0 Å². The number of rotatable bonds is 11. The lowest BCUT2D eigenvalue weighted by Gasteiger charge is -2.25. The number of nitrogens with one attached hydrogen (secondary N) is 1. The Morgan fingerprint density at radius 2 is 1.90 bits per heavy atom. The van der Waals surface area contributed by atoms with Gasteiger partial charge in [-0.05, 0) is 44.6 Å². The highest BCUT2D eigenvalue weighted by Gasteiger charge is 2.13. The second-order valence-electron chi connectivity index (χ2n) is 5.22. The zero-order chi connectivity index (χ0) is 15.5. The molecule has 0 saturated carbocycles. The van der Waals surface area contributed by atoms with Gasteiger partial charge >= 0.3 is 0 Å². The SMILES string of the molecule is CCNC(CN(C)CCCOC)c1ccc(OCC)cc1. The third-order valence-electron chi connectivity index (χ3n) is 3.43. The fourth-order valence-corrected chi connectivity index (χ4v) is 2.38. The van der Waals surface area contributed by atoms with E-state index in [4.69, 9.17) is 9.47 Å². The van der Waals surface area contributed by atoms with E-state index in [0.29, 0.717) is 12.6 Å². The Morgan fingerprint density at radius 3 is 2.48 bits per heavy atom. The van der Waals surface area contributed by atoms with E-state index in [0.717, 1.165) is 38.4 Å². The Hall–Kier alpha value is -1.10. The van der Waals surface area contributed by atoms with Gasteiger partial charge in [-0.15, -0.1) is 0 Å².